The molecule has 122 valence electrons. The lowest BCUT2D eigenvalue weighted by atomic mass is 10.2. The van der Waals surface area contributed by atoms with E-state index in [2.05, 4.69) is 0 Å². The van der Waals surface area contributed by atoms with Crippen molar-refractivity contribution in [3.05, 3.63) is 72.1 Å². The number of benzene rings is 2. The van der Waals surface area contributed by atoms with Crippen LogP contribution in [0.5, 0.6) is 0 Å². The van der Waals surface area contributed by atoms with Gasteiger partial charge in [0, 0.05) is 10.6 Å². The molecule has 4 heteroatoms. The summed E-state index contributed by atoms with van der Waals surface area (Å²) in [5.74, 6) is -0.0255. The SMILES string of the molecule is CC(C)/C(=C/[C@H](O)CO)P(=O)(c1ccccc1)c1ccccc1. The Labute approximate surface area is 137 Å². The van der Waals surface area contributed by atoms with Gasteiger partial charge in [0.25, 0.3) is 0 Å². The average molecular weight is 330 g/mol. The quantitative estimate of drug-likeness (QED) is 0.801. The molecule has 2 rings (SSSR count). The minimum absolute atomic E-state index is 0.0255. The van der Waals surface area contributed by atoms with Gasteiger partial charge in [0.1, 0.15) is 0 Å². The van der Waals surface area contributed by atoms with Gasteiger partial charge in [0.2, 0.25) is 0 Å². The standard InChI is InChI=1S/C19H23O3P/c1-15(2)19(13-16(21)14-20)23(22,17-9-5-3-6-10-17)18-11-7-4-8-12-18/h3-13,15-16,20-21H,14H2,1-2H3/b19-13-/t16-/m0/s1. The highest BCUT2D eigenvalue weighted by Gasteiger charge is 2.33. The van der Waals surface area contributed by atoms with E-state index in [4.69, 9.17) is 0 Å². The minimum atomic E-state index is -3.07. The van der Waals surface area contributed by atoms with Crippen LogP contribution in [0.15, 0.2) is 72.1 Å². The van der Waals surface area contributed by atoms with Crippen molar-refractivity contribution in [1.82, 2.24) is 0 Å². The molecule has 3 nitrogen and oxygen atoms in total. The van der Waals surface area contributed by atoms with Gasteiger partial charge in [0.05, 0.1) is 12.7 Å². The molecule has 0 aliphatic carbocycles. The first kappa shape index (κ1) is 17.7. The first-order valence-corrected chi connectivity index (χ1v) is 9.43. The Morgan fingerprint density at radius 1 is 1.00 bits per heavy atom. The maximum Gasteiger partial charge on any atom is 0.167 e. The van der Waals surface area contributed by atoms with Crippen LogP contribution in [-0.4, -0.2) is 22.9 Å². The number of allylic oxidation sites excluding steroid dienone is 1. The molecule has 0 bridgehead atoms. The second-order valence-electron chi connectivity index (χ2n) is 5.78. The zero-order chi connectivity index (χ0) is 16.9. The molecule has 0 radical (unpaired) electrons. The summed E-state index contributed by atoms with van der Waals surface area (Å²) in [7, 11) is -3.07. The monoisotopic (exact) mass is 330 g/mol. The highest BCUT2D eigenvalue weighted by atomic mass is 31.2. The van der Waals surface area contributed by atoms with Gasteiger partial charge in [-0.25, -0.2) is 0 Å². The summed E-state index contributed by atoms with van der Waals surface area (Å²) in [5.41, 5.74) is 0. The second kappa shape index (κ2) is 7.74. The lowest BCUT2D eigenvalue weighted by Crippen LogP contribution is -2.21. The van der Waals surface area contributed by atoms with Crippen LogP contribution in [0, 0.1) is 5.92 Å². The van der Waals surface area contributed by atoms with Crippen molar-refractivity contribution in [3.8, 4) is 0 Å². The molecule has 0 saturated carbocycles. The van der Waals surface area contributed by atoms with Crippen molar-refractivity contribution in [2.75, 3.05) is 6.61 Å². The Kier molecular flexibility index (Phi) is 5.95. The van der Waals surface area contributed by atoms with Gasteiger partial charge in [-0.05, 0) is 17.3 Å². The fourth-order valence-electron chi connectivity index (χ4n) is 2.63. The van der Waals surface area contributed by atoms with E-state index in [1.165, 1.54) is 0 Å². The van der Waals surface area contributed by atoms with Crippen molar-refractivity contribution in [2.24, 2.45) is 5.92 Å². The van der Waals surface area contributed by atoms with Crippen molar-refractivity contribution in [2.45, 2.75) is 20.0 Å². The third-order valence-electron chi connectivity index (χ3n) is 3.74. The molecule has 1 atom stereocenters. The predicted molar refractivity (Wildman–Crippen MR) is 95.8 cm³/mol. The molecule has 0 aromatic heterocycles. The summed E-state index contributed by atoms with van der Waals surface area (Å²) in [6.07, 6.45) is 0.527. The number of hydrogen-bond acceptors (Lipinski definition) is 3. The molecule has 0 fully saturated rings. The van der Waals surface area contributed by atoms with E-state index >= 15 is 0 Å². The van der Waals surface area contributed by atoms with Crippen molar-refractivity contribution >= 4 is 17.8 Å². The number of rotatable bonds is 6. The van der Waals surface area contributed by atoms with Crippen LogP contribution < -0.4 is 10.6 Å². The summed E-state index contributed by atoms with van der Waals surface area (Å²) in [6.45, 7) is 3.52. The van der Waals surface area contributed by atoms with Crippen LogP contribution in [0.3, 0.4) is 0 Å². The Hall–Kier alpha value is -1.67. The molecule has 0 spiro atoms. The average Bonchev–Trinajstić information content (AvgIpc) is 2.60. The lowest BCUT2D eigenvalue weighted by molar-refractivity contribution is 0.130. The molecule has 0 amide bonds. The summed E-state index contributed by atoms with van der Waals surface area (Å²) in [6, 6.07) is 18.7. The fourth-order valence-corrected chi connectivity index (χ4v) is 5.82. The van der Waals surface area contributed by atoms with E-state index in [0.29, 0.717) is 5.31 Å². The normalized spacial score (nSPS) is 14.0. The first-order chi connectivity index (χ1) is 11.0. The minimum Gasteiger partial charge on any atom is -0.393 e. The van der Waals surface area contributed by atoms with Crippen molar-refractivity contribution in [1.29, 1.82) is 0 Å². The maximum atomic E-state index is 14.1. The lowest BCUT2D eigenvalue weighted by Gasteiger charge is -2.26. The largest absolute Gasteiger partial charge is 0.393 e. The molecule has 2 aromatic rings. The van der Waals surface area contributed by atoms with E-state index < -0.39 is 13.2 Å². The van der Waals surface area contributed by atoms with Crippen molar-refractivity contribution < 1.29 is 14.8 Å². The van der Waals surface area contributed by atoms with Gasteiger partial charge in [-0.15, -0.1) is 0 Å². The maximum absolute atomic E-state index is 14.1. The van der Waals surface area contributed by atoms with Gasteiger partial charge >= 0.3 is 0 Å². The molecule has 2 N–H and O–H groups in total. The van der Waals surface area contributed by atoms with Crippen LogP contribution in [0.2, 0.25) is 0 Å². The molecule has 0 heterocycles. The highest BCUT2D eigenvalue weighted by molar-refractivity contribution is 7.82. The van der Waals surface area contributed by atoms with Gasteiger partial charge in [-0.1, -0.05) is 74.5 Å². The smallest absolute Gasteiger partial charge is 0.167 e. The predicted octanol–water partition coefficient (Wildman–Crippen LogP) is 2.89. The third-order valence-corrected chi connectivity index (χ3v) is 7.19. The van der Waals surface area contributed by atoms with Crippen molar-refractivity contribution in [3.63, 3.8) is 0 Å². The zero-order valence-corrected chi connectivity index (χ0v) is 14.4. The summed E-state index contributed by atoms with van der Waals surface area (Å²) in [5, 5.41) is 21.2. The summed E-state index contributed by atoms with van der Waals surface area (Å²) < 4.78 is 14.1. The first-order valence-electron chi connectivity index (χ1n) is 7.72. The topological polar surface area (TPSA) is 57.5 Å². The highest BCUT2D eigenvalue weighted by Crippen LogP contribution is 2.54. The van der Waals surface area contributed by atoms with E-state index in [1.54, 1.807) is 6.08 Å². The van der Waals surface area contributed by atoms with Gasteiger partial charge in [-0.2, -0.15) is 0 Å². The Morgan fingerprint density at radius 2 is 1.43 bits per heavy atom. The van der Waals surface area contributed by atoms with Crippen LogP contribution in [0.25, 0.3) is 0 Å². The molecule has 0 aliphatic rings. The van der Waals surface area contributed by atoms with Crippen LogP contribution in [0.1, 0.15) is 13.8 Å². The Bertz CT molecular complexity index is 650. The third kappa shape index (κ3) is 3.81. The second-order valence-corrected chi connectivity index (χ2v) is 8.54. The Morgan fingerprint density at radius 3 is 1.78 bits per heavy atom. The van der Waals surface area contributed by atoms with E-state index in [1.807, 2.05) is 74.5 Å². The molecule has 0 saturated heterocycles. The van der Waals surface area contributed by atoms with Gasteiger partial charge in [0.15, 0.2) is 7.14 Å². The van der Waals surface area contributed by atoms with Gasteiger partial charge < -0.3 is 14.8 Å². The molecular weight excluding hydrogens is 307 g/mol. The molecule has 2 aromatic carbocycles. The van der Waals surface area contributed by atoms with Crippen LogP contribution in [0.4, 0.5) is 0 Å². The van der Waals surface area contributed by atoms with Gasteiger partial charge in [-0.3, -0.25) is 0 Å². The molecule has 0 aliphatic heterocycles. The fraction of sp³-hybridized carbons (Fsp3) is 0.263. The van der Waals surface area contributed by atoms with Crippen LogP contribution >= 0.6 is 7.14 Å². The number of aliphatic hydroxyl groups is 2. The summed E-state index contributed by atoms with van der Waals surface area (Å²) in [4.78, 5) is 0. The number of hydrogen-bond donors (Lipinski definition) is 2. The van der Waals surface area contributed by atoms with E-state index in [0.717, 1.165) is 10.6 Å². The Balaban J connectivity index is 2.72. The zero-order valence-electron chi connectivity index (χ0n) is 13.5. The molecule has 0 unspecified atom stereocenters. The summed E-state index contributed by atoms with van der Waals surface area (Å²) >= 11 is 0. The molecular formula is C19H23O3P. The van der Waals surface area contributed by atoms with Crippen LogP contribution in [-0.2, 0) is 4.57 Å². The van der Waals surface area contributed by atoms with E-state index in [-0.39, 0.29) is 12.5 Å². The van der Waals surface area contributed by atoms with E-state index in [9.17, 15) is 14.8 Å². The number of aliphatic hydroxyl groups excluding tert-OH is 2. The molecule has 23 heavy (non-hydrogen) atoms.